The van der Waals surface area contributed by atoms with Gasteiger partial charge >= 0.3 is 0 Å². The van der Waals surface area contributed by atoms with Crippen LogP contribution < -0.4 is 5.73 Å². The quantitative estimate of drug-likeness (QED) is 0.713. The van der Waals surface area contributed by atoms with Gasteiger partial charge in [0, 0.05) is 29.7 Å². The van der Waals surface area contributed by atoms with Crippen LogP contribution in [0.1, 0.15) is 5.69 Å². The van der Waals surface area contributed by atoms with Crippen LogP contribution in [0.5, 0.6) is 0 Å². The van der Waals surface area contributed by atoms with Gasteiger partial charge in [0.25, 0.3) is 0 Å². The number of rotatable bonds is 2. The summed E-state index contributed by atoms with van der Waals surface area (Å²) in [5, 5.41) is 10.1. The maximum Gasteiger partial charge on any atom is 0.0781 e. The minimum Gasteiger partial charge on any atom is -0.325 e. The molecule has 5 nitrogen and oxygen atoms in total. The van der Waals surface area contributed by atoms with E-state index in [1.54, 1.807) is 17.1 Å². The third-order valence-electron chi connectivity index (χ3n) is 2.71. The van der Waals surface area contributed by atoms with Gasteiger partial charge in [-0.2, -0.15) is 0 Å². The summed E-state index contributed by atoms with van der Waals surface area (Å²) in [4.78, 5) is 4.11. The number of aromatic nitrogens is 4. The van der Waals surface area contributed by atoms with Crippen LogP contribution in [0, 0.1) is 0 Å². The number of hydrogen-bond donors (Lipinski definition) is 1. The van der Waals surface area contributed by atoms with Crippen LogP contribution in [0.2, 0.25) is 0 Å². The van der Waals surface area contributed by atoms with Gasteiger partial charge in [-0.25, -0.2) is 4.68 Å². The Hall–Kier alpha value is -2.27. The fourth-order valence-electron chi connectivity index (χ4n) is 1.89. The molecule has 2 N–H and O–H groups in total. The molecule has 1 aromatic carbocycles. The summed E-state index contributed by atoms with van der Waals surface area (Å²) in [7, 11) is 0. The second-order valence-corrected chi connectivity index (χ2v) is 3.72. The van der Waals surface area contributed by atoms with E-state index in [0.717, 1.165) is 22.2 Å². The van der Waals surface area contributed by atoms with Crippen LogP contribution >= 0.6 is 0 Å². The molecule has 0 aliphatic carbocycles. The predicted molar refractivity (Wildman–Crippen MR) is 64.6 cm³/mol. The van der Waals surface area contributed by atoms with E-state index < -0.39 is 0 Å². The first kappa shape index (κ1) is 9.92. The molecular formula is C12H11N5. The topological polar surface area (TPSA) is 69.6 Å². The Morgan fingerprint density at radius 2 is 2.12 bits per heavy atom. The van der Waals surface area contributed by atoms with Gasteiger partial charge in [0.2, 0.25) is 0 Å². The average Bonchev–Trinajstić information content (AvgIpc) is 2.86. The highest BCUT2D eigenvalue weighted by Gasteiger charge is 2.07. The van der Waals surface area contributed by atoms with E-state index >= 15 is 0 Å². The number of benzene rings is 1. The summed E-state index contributed by atoms with van der Waals surface area (Å²) in [5.41, 5.74) is 7.52. The van der Waals surface area contributed by atoms with Crippen molar-refractivity contribution in [2.45, 2.75) is 6.54 Å². The molecule has 0 saturated carbocycles. The molecule has 2 aromatic heterocycles. The highest BCUT2D eigenvalue weighted by molar-refractivity contribution is 5.89. The fourth-order valence-corrected chi connectivity index (χ4v) is 1.89. The van der Waals surface area contributed by atoms with Crippen LogP contribution in [0.15, 0.2) is 42.9 Å². The predicted octanol–water partition coefficient (Wildman–Crippen LogP) is 1.27. The van der Waals surface area contributed by atoms with Crippen molar-refractivity contribution in [1.82, 2.24) is 20.0 Å². The Bertz CT molecular complexity index is 653. The monoisotopic (exact) mass is 225 g/mol. The van der Waals surface area contributed by atoms with Crippen LogP contribution in [0.3, 0.4) is 0 Å². The molecule has 0 spiro atoms. The first-order chi connectivity index (χ1) is 8.40. The Balaban J connectivity index is 2.31. The molecule has 5 heteroatoms. The lowest BCUT2D eigenvalue weighted by atomic mass is 10.1. The molecule has 0 saturated heterocycles. The molecule has 3 aromatic rings. The standard InChI is InChI=1S/C12H11N5/c13-6-10-8-15-16-17(10)12-3-1-2-9-7-14-5-4-11(9)12/h1-5,7-8H,6,13H2. The van der Waals surface area contributed by atoms with Gasteiger partial charge in [-0.05, 0) is 12.1 Å². The second-order valence-electron chi connectivity index (χ2n) is 3.72. The van der Waals surface area contributed by atoms with Crippen molar-refractivity contribution >= 4 is 10.8 Å². The maximum absolute atomic E-state index is 5.66. The zero-order valence-electron chi connectivity index (χ0n) is 9.11. The van der Waals surface area contributed by atoms with E-state index in [9.17, 15) is 0 Å². The molecule has 0 bridgehead atoms. The zero-order valence-corrected chi connectivity index (χ0v) is 9.11. The van der Waals surface area contributed by atoms with Crippen molar-refractivity contribution in [3.8, 4) is 5.69 Å². The Morgan fingerprint density at radius 3 is 3.00 bits per heavy atom. The molecule has 3 rings (SSSR count). The molecule has 0 fully saturated rings. The molecule has 0 aliphatic heterocycles. The average molecular weight is 225 g/mol. The van der Waals surface area contributed by atoms with Crippen LogP contribution in [-0.2, 0) is 6.54 Å². The van der Waals surface area contributed by atoms with Crippen LogP contribution in [0.25, 0.3) is 16.5 Å². The van der Waals surface area contributed by atoms with Crippen molar-refractivity contribution in [2.75, 3.05) is 0 Å². The Labute approximate surface area is 97.9 Å². The largest absolute Gasteiger partial charge is 0.325 e. The third kappa shape index (κ3) is 1.57. The molecule has 17 heavy (non-hydrogen) atoms. The van der Waals surface area contributed by atoms with Crippen molar-refractivity contribution < 1.29 is 0 Å². The summed E-state index contributed by atoms with van der Waals surface area (Å²) in [6.07, 6.45) is 5.28. The molecule has 84 valence electrons. The first-order valence-electron chi connectivity index (χ1n) is 5.33. The minimum atomic E-state index is 0.411. The highest BCUT2D eigenvalue weighted by Crippen LogP contribution is 2.21. The van der Waals surface area contributed by atoms with E-state index in [1.165, 1.54) is 0 Å². The number of nitrogens with two attached hydrogens (primary N) is 1. The summed E-state index contributed by atoms with van der Waals surface area (Å²) in [6.45, 7) is 0.411. The molecule has 0 radical (unpaired) electrons. The van der Waals surface area contributed by atoms with E-state index in [2.05, 4.69) is 15.3 Å². The third-order valence-corrected chi connectivity index (χ3v) is 2.71. The number of pyridine rings is 1. The summed E-state index contributed by atoms with van der Waals surface area (Å²) in [6, 6.07) is 7.95. The zero-order chi connectivity index (χ0) is 11.7. The molecule has 0 amide bonds. The number of hydrogen-bond acceptors (Lipinski definition) is 4. The van der Waals surface area contributed by atoms with Crippen molar-refractivity contribution in [2.24, 2.45) is 5.73 Å². The molecular weight excluding hydrogens is 214 g/mol. The first-order valence-corrected chi connectivity index (χ1v) is 5.33. The van der Waals surface area contributed by atoms with Crippen molar-refractivity contribution in [3.05, 3.63) is 48.5 Å². The molecule has 0 atom stereocenters. The Kier molecular flexibility index (Phi) is 2.31. The summed E-state index contributed by atoms with van der Waals surface area (Å²) < 4.78 is 1.77. The van der Waals surface area contributed by atoms with Gasteiger partial charge in [0.15, 0.2) is 0 Å². The van der Waals surface area contributed by atoms with Gasteiger partial charge in [-0.3, -0.25) is 4.98 Å². The lowest BCUT2D eigenvalue weighted by Crippen LogP contribution is -2.07. The van der Waals surface area contributed by atoms with Crippen molar-refractivity contribution in [3.63, 3.8) is 0 Å². The second kappa shape index (κ2) is 3.95. The number of fused-ring (bicyclic) bond motifs is 1. The SMILES string of the molecule is NCc1cnnn1-c1cccc2cnccc12. The van der Waals surface area contributed by atoms with Gasteiger partial charge in [-0.1, -0.05) is 17.3 Å². The smallest absolute Gasteiger partial charge is 0.0781 e. The molecule has 0 aliphatic rings. The van der Waals surface area contributed by atoms with Gasteiger partial charge in [-0.15, -0.1) is 5.10 Å². The molecule has 2 heterocycles. The van der Waals surface area contributed by atoms with E-state index in [1.807, 2.05) is 30.5 Å². The van der Waals surface area contributed by atoms with E-state index in [0.29, 0.717) is 6.54 Å². The van der Waals surface area contributed by atoms with Gasteiger partial charge in [0.1, 0.15) is 0 Å². The normalized spacial score (nSPS) is 10.9. The lowest BCUT2D eigenvalue weighted by molar-refractivity contribution is 0.766. The van der Waals surface area contributed by atoms with Crippen LogP contribution in [-0.4, -0.2) is 20.0 Å². The highest BCUT2D eigenvalue weighted by atomic mass is 15.4. The molecule has 0 unspecified atom stereocenters. The van der Waals surface area contributed by atoms with Gasteiger partial charge < -0.3 is 5.73 Å². The maximum atomic E-state index is 5.66. The van der Waals surface area contributed by atoms with Crippen molar-refractivity contribution in [1.29, 1.82) is 0 Å². The lowest BCUT2D eigenvalue weighted by Gasteiger charge is -2.07. The van der Waals surface area contributed by atoms with Crippen LogP contribution in [0.4, 0.5) is 0 Å². The minimum absolute atomic E-state index is 0.411. The fraction of sp³-hybridized carbons (Fsp3) is 0.0833. The summed E-state index contributed by atoms with van der Waals surface area (Å²) in [5.74, 6) is 0. The summed E-state index contributed by atoms with van der Waals surface area (Å²) >= 11 is 0. The van der Waals surface area contributed by atoms with Gasteiger partial charge in [0.05, 0.1) is 17.6 Å². The Morgan fingerprint density at radius 1 is 1.18 bits per heavy atom. The van der Waals surface area contributed by atoms with E-state index in [-0.39, 0.29) is 0 Å². The number of nitrogens with zero attached hydrogens (tertiary/aromatic N) is 4. The van der Waals surface area contributed by atoms with E-state index in [4.69, 9.17) is 5.73 Å².